The molecule has 8 nitrogen and oxygen atoms in total. The second-order valence-corrected chi connectivity index (χ2v) is 9.08. The molecule has 4 rings (SSSR count). The van der Waals surface area contributed by atoms with Crippen molar-refractivity contribution in [3.05, 3.63) is 70.4 Å². The van der Waals surface area contributed by atoms with Gasteiger partial charge in [-0.05, 0) is 61.6 Å². The topological polar surface area (TPSA) is 100 Å². The lowest BCUT2D eigenvalue weighted by molar-refractivity contribution is -0.146. The van der Waals surface area contributed by atoms with E-state index in [1.807, 2.05) is 18.2 Å². The van der Waals surface area contributed by atoms with E-state index in [0.717, 1.165) is 11.1 Å². The van der Waals surface area contributed by atoms with Crippen LogP contribution in [0, 0.1) is 5.92 Å². The predicted molar refractivity (Wildman–Crippen MR) is 137 cm³/mol. The minimum atomic E-state index is -0.732. The smallest absolute Gasteiger partial charge is 0.337 e. The minimum Gasteiger partial charge on any atom is -0.493 e. The quantitative estimate of drug-likeness (QED) is 0.506. The number of esters is 2. The first-order valence-corrected chi connectivity index (χ1v) is 12.2. The molecule has 1 heterocycles. The van der Waals surface area contributed by atoms with Crippen molar-refractivity contribution in [2.45, 2.75) is 38.5 Å². The Morgan fingerprint density at radius 2 is 1.62 bits per heavy atom. The van der Waals surface area contributed by atoms with Crippen LogP contribution >= 0.6 is 0 Å². The monoisotopic (exact) mass is 505 g/mol. The van der Waals surface area contributed by atoms with Crippen molar-refractivity contribution in [3.8, 4) is 11.5 Å². The lowest BCUT2D eigenvalue weighted by atomic mass is 9.69. The summed E-state index contributed by atoms with van der Waals surface area (Å²) in [7, 11) is 4.48. The SMILES string of the molecule is CCOC(=O)C1C(C)=NC2=C(C(=O)C[C@@H](c3ccc(OC)c(OC)c3)C2)[C@H]1c1ccc(C(=O)OC)cc1. The normalized spacial score (nSPS) is 21.1. The van der Waals surface area contributed by atoms with Crippen LogP contribution in [0.3, 0.4) is 0 Å². The number of Topliss-reactive ketones (excluding diaryl/α,β-unsaturated/α-hetero) is 1. The molecule has 0 bridgehead atoms. The minimum absolute atomic E-state index is 0.0615. The number of methoxy groups -OCH3 is 3. The molecule has 1 aliphatic heterocycles. The van der Waals surface area contributed by atoms with E-state index in [-0.39, 0.29) is 24.7 Å². The van der Waals surface area contributed by atoms with Gasteiger partial charge in [0.05, 0.1) is 33.5 Å². The molecule has 8 heteroatoms. The zero-order valence-electron chi connectivity index (χ0n) is 21.7. The molecule has 3 atom stereocenters. The summed E-state index contributed by atoms with van der Waals surface area (Å²) in [5.74, 6) is -1.11. The van der Waals surface area contributed by atoms with E-state index in [4.69, 9.17) is 23.9 Å². The lowest BCUT2D eigenvalue weighted by Crippen LogP contribution is -2.38. The third-order valence-electron chi connectivity index (χ3n) is 7.00. The molecule has 0 spiro atoms. The first kappa shape index (κ1) is 26.1. The number of carbonyl (C=O) groups is 3. The summed E-state index contributed by atoms with van der Waals surface area (Å²) in [5.41, 5.74) is 3.89. The van der Waals surface area contributed by atoms with E-state index in [9.17, 15) is 14.4 Å². The van der Waals surface area contributed by atoms with Crippen molar-refractivity contribution in [2.24, 2.45) is 10.9 Å². The molecule has 2 aliphatic rings. The number of benzene rings is 2. The first-order chi connectivity index (χ1) is 17.8. The summed E-state index contributed by atoms with van der Waals surface area (Å²) < 4.78 is 21.0. The Bertz CT molecular complexity index is 1280. The molecule has 1 aliphatic carbocycles. The summed E-state index contributed by atoms with van der Waals surface area (Å²) in [5, 5.41) is 0. The van der Waals surface area contributed by atoms with Crippen molar-refractivity contribution in [3.63, 3.8) is 0 Å². The van der Waals surface area contributed by atoms with Crippen LogP contribution in [0.25, 0.3) is 0 Å². The Hall–Kier alpha value is -3.94. The number of hydrogen-bond acceptors (Lipinski definition) is 8. The van der Waals surface area contributed by atoms with Crippen LogP contribution in [0.1, 0.15) is 60.0 Å². The molecular formula is C29H31NO7. The van der Waals surface area contributed by atoms with Gasteiger partial charge in [-0.1, -0.05) is 18.2 Å². The summed E-state index contributed by atoms with van der Waals surface area (Å²) in [6.45, 7) is 3.76. The van der Waals surface area contributed by atoms with Gasteiger partial charge in [0.1, 0.15) is 5.92 Å². The molecule has 37 heavy (non-hydrogen) atoms. The standard InChI is InChI=1S/C29H31NO7/c1-6-37-29(33)25-16(2)30-21-13-20(19-11-12-23(34-3)24(15-19)35-4)14-22(31)27(21)26(25)17-7-9-18(10-8-17)28(32)36-5/h7-12,15,20,25-26H,6,13-14H2,1-5H3/t20-,25?,26-/m0/s1. The molecule has 0 fully saturated rings. The van der Waals surface area contributed by atoms with Gasteiger partial charge < -0.3 is 18.9 Å². The van der Waals surface area contributed by atoms with Crippen molar-refractivity contribution in [2.75, 3.05) is 27.9 Å². The summed E-state index contributed by atoms with van der Waals surface area (Å²) in [4.78, 5) is 43.5. The molecule has 0 aromatic heterocycles. The number of nitrogens with zero attached hydrogens (tertiary/aromatic N) is 1. The van der Waals surface area contributed by atoms with Gasteiger partial charge in [-0.15, -0.1) is 0 Å². The van der Waals surface area contributed by atoms with Gasteiger partial charge in [0.2, 0.25) is 0 Å². The van der Waals surface area contributed by atoms with Gasteiger partial charge in [-0.25, -0.2) is 4.79 Å². The average Bonchev–Trinajstić information content (AvgIpc) is 2.91. The predicted octanol–water partition coefficient (Wildman–Crippen LogP) is 4.63. The number of ether oxygens (including phenoxy) is 4. The number of rotatable bonds is 7. The maximum absolute atomic E-state index is 13.7. The van der Waals surface area contributed by atoms with Crippen LogP contribution < -0.4 is 9.47 Å². The Kier molecular flexibility index (Phi) is 7.76. The Morgan fingerprint density at radius 1 is 0.946 bits per heavy atom. The Labute approximate surface area is 216 Å². The van der Waals surface area contributed by atoms with Crippen LogP contribution in [-0.2, 0) is 19.1 Å². The Balaban J connectivity index is 1.77. The van der Waals surface area contributed by atoms with Crippen LogP contribution in [0.15, 0.2) is 58.7 Å². The van der Waals surface area contributed by atoms with Crippen molar-refractivity contribution in [1.82, 2.24) is 0 Å². The molecule has 0 radical (unpaired) electrons. The lowest BCUT2D eigenvalue weighted by Gasteiger charge is -2.36. The van der Waals surface area contributed by atoms with Gasteiger partial charge in [-0.2, -0.15) is 0 Å². The van der Waals surface area contributed by atoms with E-state index >= 15 is 0 Å². The van der Waals surface area contributed by atoms with Crippen molar-refractivity contribution < 1.29 is 33.3 Å². The number of aliphatic imine (C=N–C) groups is 1. The molecule has 194 valence electrons. The second kappa shape index (κ2) is 11.0. The summed E-state index contributed by atoms with van der Waals surface area (Å²) >= 11 is 0. The highest BCUT2D eigenvalue weighted by Gasteiger charge is 2.44. The maximum Gasteiger partial charge on any atom is 0.337 e. The summed E-state index contributed by atoms with van der Waals surface area (Å²) in [6, 6.07) is 12.5. The van der Waals surface area contributed by atoms with Gasteiger partial charge in [0, 0.05) is 29.3 Å². The highest BCUT2D eigenvalue weighted by atomic mass is 16.5. The zero-order valence-corrected chi connectivity index (χ0v) is 21.7. The molecule has 0 amide bonds. The second-order valence-electron chi connectivity index (χ2n) is 9.08. The number of hydrogen-bond donors (Lipinski definition) is 0. The van der Waals surface area contributed by atoms with Crippen molar-refractivity contribution in [1.29, 1.82) is 0 Å². The van der Waals surface area contributed by atoms with Crippen molar-refractivity contribution >= 4 is 23.4 Å². The molecule has 2 aromatic carbocycles. The molecule has 2 aromatic rings. The zero-order chi connectivity index (χ0) is 26.7. The fraction of sp³-hybridized carbons (Fsp3) is 0.379. The fourth-order valence-corrected chi connectivity index (χ4v) is 5.24. The van der Waals surface area contributed by atoms with Gasteiger partial charge in [-0.3, -0.25) is 14.6 Å². The highest BCUT2D eigenvalue weighted by molar-refractivity contribution is 6.09. The van der Waals surface area contributed by atoms with E-state index in [0.29, 0.717) is 40.5 Å². The fourth-order valence-electron chi connectivity index (χ4n) is 5.24. The Morgan fingerprint density at radius 3 is 2.24 bits per heavy atom. The third-order valence-corrected chi connectivity index (χ3v) is 7.00. The first-order valence-electron chi connectivity index (χ1n) is 12.2. The molecular weight excluding hydrogens is 474 g/mol. The molecule has 1 unspecified atom stereocenters. The van der Waals surface area contributed by atoms with Crippen LogP contribution in [0.5, 0.6) is 11.5 Å². The van der Waals surface area contributed by atoms with Crippen LogP contribution in [0.2, 0.25) is 0 Å². The molecule has 0 N–H and O–H groups in total. The van der Waals surface area contributed by atoms with Gasteiger partial charge in [0.25, 0.3) is 0 Å². The van der Waals surface area contributed by atoms with Crippen LogP contribution in [-0.4, -0.2) is 51.4 Å². The third kappa shape index (κ3) is 5.01. The van der Waals surface area contributed by atoms with E-state index < -0.39 is 23.8 Å². The molecule has 0 saturated carbocycles. The van der Waals surface area contributed by atoms with Gasteiger partial charge >= 0.3 is 11.9 Å². The van der Waals surface area contributed by atoms with Gasteiger partial charge in [0.15, 0.2) is 17.3 Å². The molecule has 0 saturated heterocycles. The maximum atomic E-state index is 13.7. The van der Waals surface area contributed by atoms with E-state index in [1.165, 1.54) is 7.11 Å². The average molecular weight is 506 g/mol. The highest BCUT2D eigenvalue weighted by Crippen LogP contribution is 2.47. The number of allylic oxidation sites excluding steroid dienone is 2. The van der Waals surface area contributed by atoms with E-state index in [1.54, 1.807) is 52.3 Å². The van der Waals surface area contributed by atoms with E-state index in [2.05, 4.69) is 0 Å². The largest absolute Gasteiger partial charge is 0.493 e. The number of carbonyl (C=O) groups excluding carboxylic acids is 3. The summed E-state index contributed by atoms with van der Waals surface area (Å²) in [6.07, 6.45) is 0.815. The van der Waals surface area contributed by atoms with Crippen LogP contribution in [0.4, 0.5) is 0 Å². The number of ketones is 1.